The van der Waals surface area contributed by atoms with Crippen LogP contribution in [0.1, 0.15) is 26.2 Å². The molecule has 21 heavy (non-hydrogen) atoms. The van der Waals surface area contributed by atoms with Crippen molar-refractivity contribution < 1.29 is 13.2 Å². The van der Waals surface area contributed by atoms with Crippen molar-refractivity contribution in [1.82, 2.24) is 13.9 Å². The van der Waals surface area contributed by atoms with Crippen LogP contribution in [0.3, 0.4) is 0 Å². The lowest BCUT2D eigenvalue weighted by Gasteiger charge is -2.30. The van der Waals surface area contributed by atoms with E-state index in [-0.39, 0.29) is 11.1 Å². The van der Waals surface area contributed by atoms with Crippen LogP contribution in [0.4, 0.5) is 0 Å². The van der Waals surface area contributed by atoms with E-state index in [9.17, 15) is 8.42 Å². The van der Waals surface area contributed by atoms with Gasteiger partial charge in [0, 0.05) is 32.4 Å². The number of hydrogen-bond donors (Lipinski definition) is 1. The fraction of sp³-hybridized carbons (Fsp3) is 0.769. The topological polar surface area (TPSA) is 90.5 Å². The average Bonchev–Trinajstić information content (AvgIpc) is 2.98. The maximum atomic E-state index is 12.5. The first kappa shape index (κ1) is 16.4. The molecular formula is C13H24N4O3S. The Morgan fingerprint density at radius 3 is 2.71 bits per heavy atom. The molecule has 0 unspecified atom stereocenters. The van der Waals surface area contributed by atoms with Crippen LogP contribution in [0.2, 0.25) is 0 Å². The van der Waals surface area contributed by atoms with Crippen molar-refractivity contribution in [3.63, 3.8) is 0 Å². The molecule has 1 aromatic rings. The third-order valence-corrected chi connectivity index (χ3v) is 5.47. The lowest BCUT2D eigenvalue weighted by molar-refractivity contribution is 0.0208. The van der Waals surface area contributed by atoms with Gasteiger partial charge >= 0.3 is 0 Å². The summed E-state index contributed by atoms with van der Waals surface area (Å²) in [6.45, 7) is 4.88. The van der Waals surface area contributed by atoms with Gasteiger partial charge in [-0.25, -0.2) is 13.4 Å². The van der Waals surface area contributed by atoms with Gasteiger partial charge in [0.25, 0.3) is 10.0 Å². The van der Waals surface area contributed by atoms with E-state index in [0.717, 1.165) is 19.3 Å². The molecule has 0 atom stereocenters. The predicted octanol–water partition coefficient (Wildman–Crippen LogP) is 0.422. The molecule has 2 heterocycles. The van der Waals surface area contributed by atoms with Gasteiger partial charge in [-0.2, -0.15) is 4.31 Å². The number of rotatable bonds is 7. The average molecular weight is 316 g/mol. The van der Waals surface area contributed by atoms with Crippen LogP contribution in [0.5, 0.6) is 0 Å². The van der Waals surface area contributed by atoms with Crippen molar-refractivity contribution >= 4 is 10.0 Å². The normalized spacial score (nSPS) is 18.2. The maximum absolute atomic E-state index is 12.5. The molecule has 0 radical (unpaired) electrons. The van der Waals surface area contributed by atoms with E-state index >= 15 is 0 Å². The van der Waals surface area contributed by atoms with Crippen molar-refractivity contribution in [1.29, 1.82) is 0 Å². The van der Waals surface area contributed by atoms with Gasteiger partial charge in [-0.15, -0.1) is 0 Å². The number of aryl methyl sites for hydroxylation is 1. The van der Waals surface area contributed by atoms with Crippen molar-refractivity contribution in [2.24, 2.45) is 5.73 Å². The summed E-state index contributed by atoms with van der Waals surface area (Å²) in [5.74, 6) is 0. The Bertz CT molecular complexity index is 535. The molecule has 1 saturated heterocycles. The molecule has 0 spiro atoms. The Labute approximate surface area is 126 Å². The van der Waals surface area contributed by atoms with E-state index in [4.69, 9.17) is 10.5 Å². The van der Waals surface area contributed by atoms with Gasteiger partial charge in [-0.05, 0) is 32.7 Å². The van der Waals surface area contributed by atoms with Gasteiger partial charge < -0.3 is 15.0 Å². The first-order valence-corrected chi connectivity index (χ1v) is 8.85. The van der Waals surface area contributed by atoms with Crippen LogP contribution in [0.25, 0.3) is 0 Å². The summed E-state index contributed by atoms with van der Waals surface area (Å²) in [4.78, 5) is 4.00. The highest BCUT2D eigenvalue weighted by Gasteiger charge is 2.31. The number of piperidine rings is 1. The summed E-state index contributed by atoms with van der Waals surface area (Å²) in [6.07, 6.45) is 5.55. The minimum Gasteiger partial charge on any atom is -0.378 e. The smallest absolute Gasteiger partial charge is 0.262 e. The molecule has 0 aliphatic carbocycles. The molecule has 1 aliphatic rings. The minimum atomic E-state index is -3.47. The van der Waals surface area contributed by atoms with Crippen molar-refractivity contribution in [3.05, 3.63) is 12.5 Å². The molecule has 1 aliphatic heterocycles. The lowest BCUT2D eigenvalue weighted by atomic mass is 10.1. The highest BCUT2D eigenvalue weighted by Crippen LogP contribution is 2.21. The van der Waals surface area contributed by atoms with E-state index in [2.05, 4.69) is 4.98 Å². The standard InChI is InChI=1S/C13H24N4O3S/c1-2-16-10-13(15-11-16)21(18,19)17-7-4-12(5-8-17)20-9-3-6-14/h10-12H,2-9,14H2,1H3. The third kappa shape index (κ3) is 4.03. The van der Waals surface area contributed by atoms with Crippen molar-refractivity contribution in [2.75, 3.05) is 26.2 Å². The lowest BCUT2D eigenvalue weighted by Crippen LogP contribution is -2.41. The molecule has 7 nitrogen and oxygen atoms in total. The Morgan fingerprint density at radius 1 is 1.43 bits per heavy atom. The van der Waals surface area contributed by atoms with E-state index < -0.39 is 10.0 Å². The summed E-state index contributed by atoms with van der Waals surface area (Å²) >= 11 is 0. The van der Waals surface area contributed by atoms with Gasteiger partial charge in [0.15, 0.2) is 5.03 Å². The zero-order valence-electron chi connectivity index (χ0n) is 12.4. The molecule has 1 fully saturated rings. The first-order chi connectivity index (χ1) is 10.1. The number of nitrogens with zero attached hydrogens (tertiary/aromatic N) is 3. The molecule has 120 valence electrons. The molecule has 0 saturated carbocycles. The van der Waals surface area contributed by atoms with E-state index in [1.54, 1.807) is 17.1 Å². The van der Waals surface area contributed by atoms with Gasteiger partial charge in [0.1, 0.15) is 0 Å². The van der Waals surface area contributed by atoms with Crippen LogP contribution < -0.4 is 5.73 Å². The summed E-state index contributed by atoms with van der Waals surface area (Å²) < 4.78 is 33.9. The molecular weight excluding hydrogens is 292 g/mol. The third-order valence-electron chi connectivity index (χ3n) is 3.68. The SMILES string of the molecule is CCn1cnc(S(=O)(=O)N2CCC(OCCCN)CC2)c1. The van der Waals surface area contributed by atoms with Gasteiger partial charge in [-0.3, -0.25) is 0 Å². The number of sulfonamides is 1. The Kier molecular flexibility index (Phi) is 5.74. The van der Waals surface area contributed by atoms with Gasteiger partial charge in [0.05, 0.1) is 12.4 Å². The van der Waals surface area contributed by atoms with Gasteiger partial charge in [-0.1, -0.05) is 0 Å². The second kappa shape index (κ2) is 7.35. The Morgan fingerprint density at radius 2 is 2.14 bits per heavy atom. The number of ether oxygens (including phenoxy) is 1. The highest BCUT2D eigenvalue weighted by atomic mass is 32.2. The molecule has 1 aromatic heterocycles. The zero-order chi connectivity index (χ0) is 15.3. The van der Waals surface area contributed by atoms with Crippen LogP contribution >= 0.6 is 0 Å². The molecule has 2 rings (SSSR count). The minimum absolute atomic E-state index is 0.131. The van der Waals surface area contributed by atoms with E-state index in [1.165, 1.54) is 4.31 Å². The summed E-state index contributed by atoms with van der Waals surface area (Å²) in [5.41, 5.74) is 5.42. The number of imidazole rings is 1. The second-order valence-corrected chi connectivity index (χ2v) is 7.04. The van der Waals surface area contributed by atoms with Gasteiger partial charge in [0.2, 0.25) is 0 Å². The zero-order valence-corrected chi connectivity index (χ0v) is 13.3. The summed E-state index contributed by atoms with van der Waals surface area (Å²) in [7, 11) is -3.47. The monoisotopic (exact) mass is 316 g/mol. The summed E-state index contributed by atoms with van der Waals surface area (Å²) in [5, 5.41) is 0.131. The molecule has 0 amide bonds. The fourth-order valence-corrected chi connectivity index (χ4v) is 3.76. The van der Waals surface area contributed by atoms with Crippen molar-refractivity contribution in [3.8, 4) is 0 Å². The maximum Gasteiger partial charge on any atom is 0.262 e. The first-order valence-electron chi connectivity index (χ1n) is 7.41. The predicted molar refractivity (Wildman–Crippen MR) is 79.3 cm³/mol. The molecule has 0 aromatic carbocycles. The largest absolute Gasteiger partial charge is 0.378 e. The Hall–Kier alpha value is -0.960. The van der Waals surface area contributed by atoms with Crippen LogP contribution in [0.15, 0.2) is 17.6 Å². The number of aromatic nitrogens is 2. The highest BCUT2D eigenvalue weighted by molar-refractivity contribution is 7.89. The number of hydrogen-bond acceptors (Lipinski definition) is 5. The number of nitrogens with two attached hydrogens (primary N) is 1. The van der Waals surface area contributed by atoms with Crippen LogP contribution in [-0.4, -0.2) is 54.6 Å². The molecule has 8 heteroatoms. The Balaban J connectivity index is 1.91. The second-order valence-electron chi connectivity index (χ2n) is 5.16. The van der Waals surface area contributed by atoms with Crippen LogP contribution in [-0.2, 0) is 21.3 Å². The van der Waals surface area contributed by atoms with E-state index in [0.29, 0.717) is 32.8 Å². The van der Waals surface area contributed by atoms with E-state index in [1.807, 2.05) is 6.92 Å². The quantitative estimate of drug-likeness (QED) is 0.736. The van der Waals surface area contributed by atoms with Crippen molar-refractivity contribution in [2.45, 2.75) is 43.9 Å². The summed E-state index contributed by atoms with van der Waals surface area (Å²) in [6, 6.07) is 0. The molecule has 0 bridgehead atoms. The fourth-order valence-electron chi connectivity index (χ4n) is 2.35. The van der Waals surface area contributed by atoms with Crippen LogP contribution in [0, 0.1) is 0 Å². The molecule has 2 N–H and O–H groups in total.